The Kier molecular flexibility index (Phi) is 2.97. The second-order valence-electron chi connectivity index (χ2n) is 4.49. The molecule has 0 radical (unpaired) electrons. The number of hydrogen-bond acceptors (Lipinski definition) is 5. The molecule has 1 aliphatic carbocycles. The third-order valence-electron chi connectivity index (χ3n) is 3.42. The van der Waals surface area contributed by atoms with Gasteiger partial charge in [0.15, 0.2) is 0 Å². The lowest BCUT2D eigenvalue weighted by molar-refractivity contribution is 0.0484. The van der Waals surface area contributed by atoms with E-state index in [2.05, 4.69) is 14.9 Å². The van der Waals surface area contributed by atoms with Gasteiger partial charge in [-0.2, -0.15) is 0 Å². The molecule has 16 heavy (non-hydrogen) atoms. The highest BCUT2D eigenvalue weighted by molar-refractivity contribution is 6.58. The minimum atomic E-state index is -1.49. The molecule has 2 rings (SSSR count). The molecule has 0 unspecified atom stereocenters. The molecule has 0 atom stereocenters. The summed E-state index contributed by atoms with van der Waals surface area (Å²) < 4.78 is 0. The molecule has 0 aliphatic heterocycles. The van der Waals surface area contributed by atoms with Crippen molar-refractivity contribution in [3.63, 3.8) is 0 Å². The van der Waals surface area contributed by atoms with Crippen LogP contribution in [-0.2, 0) is 5.54 Å². The Morgan fingerprint density at radius 2 is 1.81 bits per heavy atom. The van der Waals surface area contributed by atoms with Crippen molar-refractivity contribution >= 4 is 12.6 Å². The van der Waals surface area contributed by atoms with Gasteiger partial charge in [0.05, 0.1) is 5.54 Å². The maximum absolute atomic E-state index is 8.96. The van der Waals surface area contributed by atoms with Crippen molar-refractivity contribution in [2.24, 2.45) is 0 Å². The lowest BCUT2D eigenvalue weighted by atomic mass is 9.74. The summed E-state index contributed by atoms with van der Waals surface area (Å²) in [6.45, 7) is 0. The molecule has 0 saturated heterocycles. The van der Waals surface area contributed by atoms with Crippen LogP contribution in [0.25, 0.3) is 0 Å². The largest absolute Gasteiger partial charge is 0.491 e. The van der Waals surface area contributed by atoms with Gasteiger partial charge in [-0.25, -0.2) is 9.97 Å². The van der Waals surface area contributed by atoms with Crippen LogP contribution >= 0.6 is 0 Å². The van der Waals surface area contributed by atoms with E-state index in [1.54, 1.807) is 0 Å². The monoisotopic (exact) mass is 221 g/mol. The van der Waals surface area contributed by atoms with E-state index in [1.807, 2.05) is 14.1 Å². The molecule has 5 nitrogen and oxygen atoms in total. The van der Waals surface area contributed by atoms with E-state index in [0.717, 1.165) is 18.7 Å². The standard InChI is InChI=1S/C10H16BN3O2/c1-14(2)10(4-3-5-10)9-12-6-8(7-13-9)11(15)16/h6-7,15-16H,3-5H2,1-2H3. The maximum atomic E-state index is 8.96. The van der Waals surface area contributed by atoms with Crippen LogP contribution in [0.2, 0.25) is 0 Å². The third kappa shape index (κ3) is 1.73. The Balaban J connectivity index is 2.27. The molecule has 86 valence electrons. The Labute approximate surface area is 95.3 Å². The van der Waals surface area contributed by atoms with Crippen molar-refractivity contribution in [1.82, 2.24) is 14.9 Å². The van der Waals surface area contributed by atoms with E-state index in [1.165, 1.54) is 18.8 Å². The summed E-state index contributed by atoms with van der Waals surface area (Å²) in [5, 5.41) is 17.9. The minimum Gasteiger partial charge on any atom is -0.423 e. The van der Waals surface area contributed by atoms with Gasteiger partial charge in [-0.05, 0) is 33.4 Å². The van der Waals surface area contributed by atoms with Gasteiger partial charge in [-0.1, -0.05) is 0 Å². The Morgan fingerprint density at radius 1 is 1.25 bits per heavy atom. The molecule has 1 aromatic heterocycles. The lowest BCUT2D eigenvalue weighted by Crippen LogP contribution is -2.48. The van der Waals surface area contributed by atoms with Crippen molar-refractivity contribution in [3.8, 4) is 0 Å². The fourth-order valence-corrected chi connectivity index (χ4v) is 2.09. The Bertz CT molecular complexity index is 363. The molecule has 1 fully saturated rings. The smallest absolute Gasteiger partial charge is 0.423 e. The van der Waals surface area contributed by atoms with E-state index < -0.39 is 7.12 Å². The van der Waals surface area contributed by atoms with E-state index in [0.29, 0.717) is 5.46 Å². The summed E-state index contributed by atoms with van der Waals surface area (Å²) in [4.78, 5) is 10.6. The number of aromatic nitrogens is 2. The van der Waals surface area contributed by atoms with Gasteiger partial charge in [-0.3, -0.25) is 4.90 Å². The summed E-state index contributed by atoms with van der Waals surface area (Å²) in [6.07, 6.45) is 6.26. The molecule has 1 aromatic rings. The van der Waals surface area contributed by atoms with Gasteiger partial charge < -0.3 is 10.0 Å². The zero-order chi connectivity index (χ0) is 11.8. The van der Waals surface area contributed by atoms with Crippen molar-refractivity contribution in [2.75, 3.05) is 14.1 Å². The van der Waals surface area contributed by atoms with Crippen molar-refractivity contribution in [1.29, 1.82) is 0 Å². The first kappa shape index (κ1) is 11.5. The summed E-state index contributed by atoms with van der Waals surface area (Å²) in [6, 6.07) is 0. The zero-order valence-electron chi connectivity index (χ0n) is 9.59. The zero-order valence-corrected chi connectivity index (χ0v) is 9.59. The molecule has 1 heterocycles. The molecule has 1 saturated carbocycles. The van der Waals surface area contributed by atoms with Gasteiger partial charge in [0.2, 0.25) is 0 Å². The van der Waals surface area contributed by atoms with Crippen LogP contribution in [0.4, 0.5) is 0 Å². The molecule has 0 amide bonds. The predicted octanol–water partition coefficient (Wildman–Crippen LogP) is -0.903. The van der Waals surface area contributed by atoms with Crippen LogP contribution in [0.5, 0.6) is 0 Å². The maximum Gasteiger partial charge on any atom is 0.491 e. The van der Waals surface area contributed by atoms with Crippen LogP contribution in [0, 0.1) is 0 Å². The molecule has 0 spiro atoms. The first-order valence-electron chi connectivity index (χ1n) is 5.42. The first-order valence-corrected chi connectivity index (χ1v) is 5.42. The van der Waals surface area contributed by atoms with Crippen molar-refractivity contribution < 1.29 is 10.0 Å². The quantitative estimate of drug-likeness (QED) is 0.647. The molecule has 0 aromatic carbocycles. The Morgan fingerprint density at radius 3 is 2.12 bits per heavy atom. The second kappa shape index (κ2) is 4.12. The summed E-state index contributed by atoms with van der Waals surface area (Å²) in [5.41, 5.74) is 0.274. The average molecular weight is 221 g/mol. The predicted molar refractivity (Wildman–Crippen MR) is 61.1 cm³/mol. The second-order valence-corrected chi connectivity index (χ2v) is 4.49. The average Bonchev–Trinajstić information content (AvgIpc) is 2.16. The molecular weight excluding hydrogens is 205 g/mol. The van der Waals surface area contributed by atoms with Crippen LogP contribution in [0.1, 0.15) is 25.1 Å². The molecule has 0 bridgehead atoms. The van der Waals surface area contributed by atoms with E-state index >= 15 is 0 Å². The van der Waals surface area contributed by atoms with Crippen LogP contribution in [0.3, 0.4) is 0 Å². The van der Waals surface area contributed by atoms with E-state index in [9.17, 15) is 0 Å². The molecule has 2 N–H and O–H groups in total. The fourth-order valence-electron chi connectivity index (χ4n) is 2.09. The highest BCUT2D eigenvalue weighted by Crippen LogP contribution is 2.43. The van der Waals surface area contributed by atoms with E-state index in [-0.39, 0.29) is 5.54 Å². The van der Waals surface area contributed by atoms with Crippen molar-refractivity contribution in [2.45, 2.75) is 24.8 Å². The van der Waals surface area contributed by atoms with Gasteiger partial charge in [0.25, 0.3) is 0 Å². The summed E-state index contributed by atoms with van der Waals surface area (Å²) in [7, 11) is 2.56. The number of nitrogens with zero attached hydrogens (tertiary/aromatic N) is 3. The number of hydrogen-bond donors (Lipinski definition) is 2. The first-order chi connectivity index (χ1) is 7.56. The molecule has 1 aliphatic rings. The van der Waals surface area contributed by atoms with Gasteiger partial charge in [0, 0.05) is 17.9 Å². The number of rotatable bonds is 3. The van der Waals surface area contributed by atoms with Crippen LogP contribution < -0.4 is 5.46 Å². The Hall–Kier alpha value is -0.975. The van der Waals surface area contributed by atoms with Gasteiger partial charge in [0.1, 0.15) is 5.82 Å². The normalized spacial score (nSPS) is 18.3. The van der Waals surface area contributed by atoms with E-state index in [4.69, 9.17) is 10.0 Å². The summed E-state index contributed by atoms with van der Waals surface area (Å²) >= 11 is 0. The summed E-state index contributed by atoms with van der Waals surface area (Å²) in [5.74, 6) is 0.771. The van der Waals surface area contributed by atoms with Crippen LogP contribution in [-0.4, -0.2) is 46.1 Å². The highest BCUT2D eigenvalue weighted by Gasteiger charge is 2.43. The highest BCUT2D eigenvalue weighted by atomic mass is 16.4. The minimum absolute atomic E-state index is 0.0566. The topological polar surface area (TPSA) is 69.5 Å². The van der Waals surface area contributed by atoms with Gasteiger partial charge in [-0.15, -0.1) is 0 Å². The van der Waals surface area contributed by atoms with Crippen molar-refractivity contribution in [3.05, 3.63) is 18.2 Å². The lowest BCUT2D eigenvalue weighted by Gasteiger charge is -2.45. The molecule has 6 heteroatoms. The third-order valence-corrected chi connectivity index (χ3v) is 3.42. The molecular formula is C10H16BN3O2. The van der Waals surface area contributed by atoms with Crippen LogP contribution in [0.15, 0.2) is 12.4 Å². The van der Waals surface area contributed by atoms with Gasteiger partial charge >= 0.3 is 7.12 Å². The fraction of sp³-hybridized carbons (Fsp3) is 0.600. The SMILES string of the molecule is CN(C)C1(c2ncc(B(O)O)cn2)CCC1.